The van der Waals surface area contributed by atoms with Gasteiger partial charge in [0, 0.05) is 6.20 Å². The summed E-state index contributed by atoms with van der Waals surface area (Å²) in [5.41, 5.74) is -0.115. The Morgan fingerprint density at radius 2 is 2.00 bits per heavy atom. The van der Waals surface area contributed by atoms with Crippen LogP contribution in [0.4, 0.5) is 5.82 Å². The smallest absolute Gasteiger partial charge is 0.335 e. The molecule has 106 valence electrons. The summed E-state index contributed by atoms with van der Waals surface area (Å²) in [6.07, 6.45) is 1.18. The van der Waals surface area contributed by atoms with Gasteiger partial charge in [0.1, 0.15) is 16.8 Å². The predicted octanol–water partition coefficient (Wildman–Crippen LogP) is 1.45. The van der Waals surface area contributed by atoms with E-state index in [-0.39, 0.29) is 21.8 Å². The number of aromatic carboxylic acids is 1. The zero-order valence-electron chi connectivity index (χ0n) is 10.5. The molecule has 1 heterocycles. The number of nitriles is 1. The average Bonchev–Trinajstić information content (AvgIpc) is 2.47. The second-order valence-electron chi connectivity index (χ2n) is 3.95. The molecule has 8 heteroatoms. The number of carboxylic acids is 1. The van der Waals surface area contributed by atoms with Crippen LogP contribution in [0.1, 0.15) is 15.9 Å². The fourth-order valence-corrected chi connectivity index (χ4v) is 2.76. The Morgan fingerprint density at radius 3 is 2.67 bits per heavy atom. The Bertz CT molecular complexity index is 840. The Kier molecular flexibility index (Phi) is 3.86. The molecule has 0 spiro atoms. The fraction of sp³-hybridized carbons (Fsp3) is 0. The van der Waals surface area contributed by atoms with Crippen LogP contribution in [0.3, 0.4) is 0 Å². The number of carbonyl (C=O) groups is 1. The van der Waals surface area contributed by atoms with Crippen LogP contribution < -0.4 is 4.72 Å². The summed E-state index contributed by atoms with van der Waals surface area (Å²) in [4.78, 5) is 14.4. The number of carboxylic acid groups (broad SMARTS) is 1. The normalized spacial score (nSPS) is 10.6. The monoisotopic (exact) mass is 303 g/mol. The van der Waals surface area contributed by atoms with E-state index in [0.717, 1.165) is 6.07 Å². The van der Waals surface area contributed by atoms with E-state index in [1.165, 1.54) is 30.5 Å². The van der Waals surface area contributed by atoms with Crippen molar-refractivity contribution in [2.75, 3.05) is 4.72 Å². The molecule has 1 aromatic carbocycles. The zero-order chi connectivity index (χ0) is 15.5. The lowest BCUT2D eigenvalue weighted by Gasteiger charge is -2.08. The molecule has 0 bridgehead atoms. The molecule has 7 nitrogen and oxygen atoms in total. The minimum absolute atomic E-state index is 0.0145. The molecule has 0 aliphatic carbocycles. The molecule has 0 unspecified atom stereocenters. The molecule has 0 radical (unpaired) electrons. The van der Waals surface area contributed by atoms with Crippen LogP contribution in [-0.2, 0) is 10.0 Å². The SMILES string of the molecule is N#Cc1ccccc1S(=O)(=O)Nc1cc(C(=O)O)ccn1. The number of rotatable bonds is 4. The Hall–Kier alpha value is -2.92. The lowest BCUT2D eigenvalue weighted by molar-refractivity contribution is 0.0697. The third kappa shape index (κ3) is 3.16. The Labute approximate surface area is 120 Å². The van der Waals surface area contributed by atoms with Gasteiger partial charge >= 0.3 is 5.97 Å². The molecular formula is C13H9N3O4S. The maximum absolute atomic E-state index is 12.2. The van der Waals surface area contributed by atoms with Gasteiger partial charge in [-0.05, 0) is 24.3 Å². The molecule has 21 heavy (non-hydrogen) atoms. The van der Waals surface area contributed by atoms with Crippen LogP contribution in [0, 0.1) is 11.3 Å². The minimum atomic E-state index is -4.03. The summed E-state index contributed by atoms with van der Waals surface area (Å²) in [5.74, 6) is -1.34. The lowest BCUT2D eigenvalue weighted by atomic mass is 10.2. The summed E-state index contributed by atoms with van der Waals surface area (Å²) >= 11 is 0. The molecule has 0 saturated heterocycles. The van der Waals surface area contributed by atoms with Gasteiger partial charge in [0.05, 0.1) is 11.1 Å². The van der Waals surface area contributed by atoms with Crippen molar-refractivity contribution < 1.29 is 18.3 Å². The summed E-state index contributed by atoms with van der Waals surface area (Å²) < 4.78 is 26.6. The van der Waals surface area contributed by atoms with E-state index in [1.807, 2.05) is 0 Å². The van der Waals surface area contributed by atoms with Crippen molar-refractivity contribution in [3.05, 3.63) is 53.7 Å². The molecule has 2 N–H and O–H groups in total. The number of pyridine rings is 1. The highest BCUT2D eigenvalue weighted by Gasteiger charge is 2.19. The first kappa shape index (κ1) is 14.5. The van der Waals surface area contributed by atoms with Gasteiger partial charge in [0.2, 0.25) is 0 Å². The van der Waals surface area contributed by atoms with Crippen LogP contribution in [0.25, 0.3) is 0 Å². The van der Waals surface area contributed by atoms with Crippen molar-refractivity contribution in [3.63, 3.8) is 0 Å². The van der Waals surface area contributed by atoms with E-state index in [9.17, 15) is 13.2 Å². The first-order valence-electron chi connectivity index (χ1n) is 5.65. The molecule has 0 atom stereocenters. The van der Waals surface area contributed by atoms with Crippen LogP contribution >= 0.6 is 0 Å². The quantitative estimate of drug-likeness (QED) is 0.882. The molecule has 1 aromatic heterocycles. The highest BCUT2D eigenvalue weighted by molar-refractivity contribution is 7.92. The van der Waals surface area contributed by atoms with Crippen LogP contribution in [-0.4, -0.2) is 24.5 Å². The van der Waals surface area contributed by atoms with Crippen molar-refractivity contribution >= 4 is 21.8 Å². The number of hydrogen-bond acceptors (Lipinski definition) is 5. The molecule has 0 amide bonds. The third-order valence-electron chi connectivity index (χ3n) is 2.54. The van der Waals surface area contributed by atoms with Crippen LogP contribution in [0.15, 0.2) is 47.5 Å². The number of aromatic nitrogens is 1. The number of nitrogens with zero attached hydrogens (tertiary/aromatic N) is 2. The van der Waals surface area contributed by atoms with E-state index in [1.54, 1.807) is 12.1 Å². The Morgan fingerprint density at radius 1 is 1.29 bits per heavy atom. The van der Waals surface area contributed by atoms with E-state index < -0.39 is 16.0 Å². The number of nitrogens with one attached hydrogen (secondary N) is 1. The first-order chi connectivity index (χ1) is 9.94. The number of benzene rings is 1. The van der Waals surface area contributed by atoms with Crippen molar-refractivity contribution in [1.82, 2.24) is 4.98 Å². The van der Waals surface area contributed by atoms with Gasteiger partial charge in [-0.3, -0.25) is 4.72 Å². The second-order valence-corrected chi connectivity index (χ2v) is 5.60. The molecule has 0 fully saturated rings. The lowest BCUT2D eigenvalue weighted by Crippen LogP contribution is -2.15. The van der Waals surface area contributed by atoms with Gasteiger partial charge in [0.15, 0.2) is 0 Å². The van der Waals surface area contributed by atoms with Gasteiger partial charge in [-0.25, -0.2) is 18.2 Å². The fourth-order valence-electron chi connectivity index (χ4n) is 1.61. The van der Waals surface area contributed by atoms with E-state index in [4.69, 9.17) is 10.4 Å². The summed E-state index contributed by atoms with van der Waals surface area (Å²) in [7, 11) is -4.03. The van der Waals surface area contributed by atoms with Gasteiger partial charge in [-0.2, -0.15) is 5.26 Å². The van der Waals surface area contributed by atoms with Gasteiger partial charge < -0.3 is 5.11 Å². The van der Waals surface area contributed by atoms with Crippen LogP contribution in [0.2, 0.25) is 0 Å². The van der Waals surface area contributed by atoms with E-state index >= 15 is 0 Å². The van der Waals surface area contributed by atoms with Crippen molar-refractivity contribution in [1.29, 1.82) is 5.26 Å². The summed E-state index contributed by atoms with van der Waals surface area (Å²) in [5, 5.41) is 17.8. The maximum Gasteiger partial charge on any atom is 0.335 e. The van der Waals surface area contributed by atoms with Gasteiger partial charge in [-0.1, -0.05) is 12.1 Å². The molecule has 2 aromatic rings. The minimum Gasteiger partial charge on any atom is -0.478 e. The standard InChI is InChI=1S/C13H9N3O4S/c14-8-10-3-1-2-4-11(10)21(19,20)16-12-7-9(13(17)18)5-6-15-12/h1-7H,(H,15,16)(H,17,18). The number of anilines is 1. The largest absolute Gasteiger partial charge is 0.478 e. The van der Waals surface area contributed by atoms with Gasteiger partial charge in [-0.15, -0.1) is 0 Å². The second kappa shape index (κ2) is 5.60. The van der Waals surface area contributed by atoms with Crippen molar-refractivity contribution in [3.8, 4) is 6.07 Å². The van der Waals surface area contributed by atoms with Crippen LogP contribution in [0.5, 0.6) is 0 Å². The Balaban J connectivity index is 2.41. The number of hydrogen-bond donors (Lipinski definition) is 2. The molecule has 2 rings (SSSR count). The van der Waals surface area contributed by atoms with Gasteiger partial charge in [0.25, 0.3) is 10.0 Å². The molecule has 0 saturated carbocycles. The highest BCUT2D eigenvalue weighted by atomic mass is 32.2. The summed E-state index contributed by atoms with van der Waals surface area (Å²) in [6.45, 7) is 0. The molecule has 0 aliphatic heterocycles. The topological polar surface area (TPSA) is 120 Å². The zero-order valence-corrected chi connectivity index (χ0v) is 11.3. The molecular weight excluding hydrogens is 294 g/mol. The maximum atomic E-state index is 12.2. The van der Waals surface area contributed by atoms with Crippen molar-refractivity contribution in [2.24, 2.45) is 0 Å². The summed E-state index contributed by atoms with van der Waals surface area (Å²) in [6, 6.07) is 9.79. The average molecular weight is 303 g/mol. The number of sulfonamides is 1. The highest BCUT2D eigenvalue weighted by Crippen LogP contribution is 2.18. The van der Waals surface area contributed by atoms with E-state index in [2.05, 4.69) is 9.71 Å². The third-order valence-corrected chi connectivity index (χ3v) is 3.96. The predicted molar refractivity (Wildman–Crippen MR) is 73.2 cm³/mol. The van der Waals surface area contributed by atoms with E-state index in [0.29, 0.717) is 0 Å². The molecule has 0 aliphatic rings. The first-order valence-corrected chi connectivity index (χ1v) is 7.13. The van der Waals surface area contributed by atoms with Crippen molar-refractivity contribution in [2.45, 2.75) is 4.90 Å².